The molecule has 1 aliphatic rings. The molecule has 1 aromatic carbocycles. The van der Waals surface area contributed by atoms with Crippen LogP contribution in [-0.2, 0) is 0 Å². The first kappa shape index (κ1) is 13.5. The van der Waals surface area contributed by atoms with Crippen molar-refractivity contribution in [3.63, 3.8) is 0 Å². The number of hydrogen-bond acceptors (Lipinski definition) is 5. The molecule has 0 fully saturated rings. The van der Waals surface area contributed by atoms with E-state index in [2.05, 4.69) is 24.2 Å². The predicted molar refractivity (Wildman–Crippen MR) is 78.0 cm³/mol. The third-order valence-electron chi connectivity index (χ3n) is 2.96. The van der Waals surface area contributed by atoms with E-state index in [1.54, 1.807) is 30.0 Å². The number of rotatable bonds is 2. The van der Waals surface area contributed by atoms with Gasteiger partial charge in [0.2, 0.25) is 0 Å². The molecule has 1 N–H and O–H groups in total. The average Bonchev–Trinajstić information content (AvgIpc) is 2.87. The molecule has 5 heteroatoms. The molecule has 0 bridgehead atoms. The van der Waals surface area contributed by atoms with Gasteiger partial charge in [0.25, 0.3) is 0 Å². The summed E-state index contributed by atoms with van der Waals surface area (Å²) in [7, 11) is 0. The first-order chi connectivity index (χ1) is 9.13. The van der Waals surface area contributed by atoms with Crippen molar-refractivity contribution in [2.75, 3.05) is 11.1 Å². The lowest BCUT2D eigenvalue weighted by molar-refractivity contribution is 0.543. The van der Waals surface area contributed by atoms with Crippen LogP contribution in [0.4, 0.5) is 5.69 Å². The highest BCUT2D eigenvalue weighted by molar-refractivity contribution is 8.14. The van der Waals surface area contributed by atoms with Gasteiger partial charge in [-0.15, -0.1) is 0 Å². The third kappa shape index (κ3) is 3.07. The van der Waals surface area contributed by atoms with Crippen molar-refractivity contribution in [1.82, 2.24) is 0 Å². The first-order valence-corrected chi connectivity index (χ1v) is 7.04. The molecule has 2 rings (SSSR count). The van der Waals surface area contributed by atoms with Crippen LogP contribution in [0.25, 0.3) is 0 Å². The summed E-state index contributed by atoms with van der Waals surface area (Å²) in [5.41, 5.74) is 1.58. The van der Waals surface area contributed by atoms with Gasteiger partial charge in [-0.2, -0.15) is 10.5 Å². The van der Waals surface area contributed by atoms with E-state index in [4.69, 9.17) is 10.5 Å². The normalized spacial score (nSPS) is 17.7. The SMILES string of the molecule is CC(C)C1CSC(Nc2ccc(C#N)c(C#N)c2)=N1. The number of nitriles is 2. The standard InChI is InChI=1S/C14H14N4S/c1-9(2)13-8-19-14(18-13)17-12-4-3-10(6-15)11(5-12)7-16/h3-5,9,13H,8H2,1-2H3,(H,17,18). The smallest absolute Gasteiger partial charge is 0.161 e. The molecular weight excluding hydrogens is 256 g/mol. The van der Waals surface area contributed by atoms with Crippen LogP contribution in [0.15, 0.2) is 23.2 Å². The molecule has 0 radical (unpaired) electrons. The highest BCUT2D eigenvalue weighted by Gasteiger charge is 2.21. The summed E-state index contributed by atoms with van der Waals surface area (Å²) in [6.45, 7) is 4.32. The van der Waals surface area contributed by atoms with Crippen molar-refractivity contribution in [2.45, 2.75) is 19.9 Å². The summed E-state index contributed by atoms with van der Waals surface area (Å²) in [5, 5.41) is 21.9. The van der Waals surface area contributed by atoms with Gasteiger partial charge in [0, 0.05) is 11.4 Å². The lowest BCUT2D eigenvalue weighted by Crippen LogP contribution is -2.12. The molecular formula is C14H14N4S. The monoisotopic (exact) mass is 270 g/mol. The number of amidine groups is 1. The van der Waals surface area contributed by atoms with Gasteiger partial charge in [0.1, 0.15) is 12.1 Å². The maximum absolute atomic E-state index is 8.99. The van der Waals surface area contributed by atoms with Crippen LogP contribution in [0.1, 0.15) is 25.0 Å². The maximum atomic E-state index is 8.99. The van der Waals surface area contributed by atoms with E-state index >= 15 is 0 Å². The molecule has 0 amide bonds. The number of thioether (sulfide) groups is 1. The van der Waals surface area contributed by atoms with E-state index in [-0.39, 0.29) is 0 Å². The van der Waals surface area contributed by atoms with Crippen molar-refractivity contribution in [1.29, 1.82) is 10.5 Å². The molecule has 1 heterocycles. The summed E-state index contributed by atoms with van der Waals surface area (Å²) in [4.78, 5) is 4.60. The average molecular weight is 270 g/mol. The Labute approximate surface area is 117 Å². The van der Waals surface area contributed by atoms with Gasteiger partial charge < -0.3 is 5.32 Å². The third-order valence-corrected chi connectivity index (χ3v) is 3.94. The Morgan fingerprint density at radius 2 is 2.05 bits per heavy atom. The Bertz CT molecular complexity index is 592. The number of nitrogens with zero attached hydrogens (tertiary/aromatic N) is 3. The van der Waals surface area contributed by atoms with Crippen LogP contribution in [0.2, 0.25) is 0 Å². The minimum Gasteiger partial charge on any atom is -0.335 e. The fourth-order valence-electron chi connectivity index (χ4n) is 1.73. The molecule has 4 nitrogen and oxygen atoms in total. The van der Waals surface area contributed by atoms with Crippen molar-refractivity contribution in [2.24, 2.45) is 10.9 Å². The Kier molecular flexibility index (Phi) is 4.09. The van der Waals surface area contributed by atoms with Crippen molar-refractivity contribution < 1.29 is 0 Å². The molecule has 1 atom stereocenters. The summed E-state index contributed by atoms with van der Waals surface area (Å²) in [6, 6.07) is 9.52. The number of nitrogens with one attached hydrogen (secondary N) is 1. The predicted octanol–water partition coefficient (Wildman–Crippen LogP) is 2.97. The van der Waals surface area contributed by atoms with Crippen molar-refractivity contribution >= 4 is 22.6 Å². The molecule has 19 heavy (non-hydrogen) atoms. The van der Waals surface area contributed by atoms with Crippen LogP contribution < -0.4 is 5.32 Å². The topological polar surface area (TPSA) is 72.0 Å². The summed E-state index contributed by atoms with van der Waals surface area (Å²) >= 11 is 1.69. The van der Waals surface area contributed by atoms with Gasteiger partial charge in [-0.05, 0) is 24.1 Å². The molecule has 0 aromatic heterocycles. The van der Waals surface area contributed by atoms with Gasteiger partial charge >= 0.3 is 0 Å². The van der Waals surface area contributed by atoms with E-state index in [0.717, 1.165) is 16.6 Å². The highest BCUT2D eigenvalue weighted by Crippen LogP contribution is 2.25. The molecule has 1 unspecified atom stereocenters. The lowest BCUT2D eigenvalue weighted by Gasteiger charge is -2.08. The van der Waals surface area contributed by atoms with Crippen LogP contribution in [-0.4, -0.2) is 17.0 Å². The zero-order chi connectivity index (χ0) is 13.8. The maximum Gasteiger partial charge on any atom is 0.161 e. The number of benzene rings is 1. The van der Waals surface area contributed by atoms with Gasteiger partial charge in [-0.25, -0.2) is 0 Å². The van der Waals surface area contributed by atoms with Gasteiger partial charge in [-0.1, -0.05) is 25.6 Å². The quantitative estimate of drug-likeness (QED) is 0.896. The summed E-state index contributed by atoms with van der Waals surface area (Å²) in [5.74, 6) is 1.52. The van der Waals surface area contributed by atoms with Gasteiger partial charge in [0.15, 0.2) is 5.17 Å². The zero-order valence-corrected chi connectivity index (χ0v) is 11.7. The zero-order valence-electron chi connectivity index (χ0n) is 10.8. The second kappa shape index (κ2) is 5.77. The summed E-state index contributed by atoms with van der Waals surface area (Å²) < 4.78 is 0. The van der Waals surface area contributed by atoms with Crippen molar-refractivity contribution in [3.05, 3.63) is 29.3 Å². The fraction of sp³-hybridized carbons (Fsp3) is 0.357. The Hall–Kier alpha value is -1.98. The Balaban J connectivity index is 2.15. The van der Waals surface area contributed by atoms with Crippen LogP contribution >= 0.6 is 11.8 Å². The molecule has 96 valence electrons. The molecule has 1 aromatic rings. The molecule has 0 saturated heterocycles. The van der Waals surface area contributed by atoms with Crippen LogP contribution in [0, 0.1) is 28.6 Å². The highest BCUT2D eigenvalue weighted by atomic mass is 32.2. The number of aliphatic imine (C=N–C) groups is 1. The Morgan fingerprint density at radius 1 is 1.32 bits per heavy atom. The molecule has 0 spiro atoms. The summed E-state index contributed by atoms with van der Waals surface area (Å²) in [6.07, 6.45) is 0. The van der Waals surface area contributed by atoms with E-state index < -0.39 is 0 Å². The van der Waals surface area contributed by atoms with Gasteiger partial charge in [-0.3, -0.25) is 4.99 Å². The van der Waals surface area contributed by atoms with Gasteiger partial charge in [0.05, 0.1) is 17.2 Å². The fourth-order valence-corrected chi connectivity index (χ4v) is 2.92. The van der Waals surface area contributed by atoms with E-state index in [1.807, 2.05) is 12.1 Å². The number of hydrogen-bond donors (Lipinski definition) is 1. The molecule has 1 aliphatic heterocycles. The molecule has 0 saturated carbocycles. The minimum absolute atomic E-state index is 0.348. The minimum atomic E-state index is 0.348. The van der Waals surface area contributed by atoms with E-state index in [1.165, 1.54) is 0 Å². The van der Waals surface area contributed by atoms with E-state index in [0.29, 0.717) is 23.1 Å². The second-order valence-corrected chi connectivity index (χ2v) is 5.67. The van der Waals surface area contributed by atoms with Crippen molar-refractivity contribution in [3.8, 4) is 12.1 Å². The number of anilines is 1. The Morgan fingerprint density at radius 3 is 2.63 bits per heavy atom. The second-order valence-electron chi connectivity index (χ2n) is 4.67. The largest absolute Gasteiger partial charge is 0.335 e. The lowest BCUT2D eigenvalue weighted by atomic mass is 10.1. The van der Waals surface area contributed by atoms with Crippen LogP contribution in [0.5, 0.6) is 0 Å². The van der Waals surface area contributed by atoms with Crippen LogP contribution in [0.3, 0.4) is 0 Å². The molecule has 0 aliphatic carbocycles. The first-order valence-electron chi connectivity index (χ1n) is 6.06. The van der Waals surface area contributed by atoms with E-state index in [9.17, 15) is 0 Å².